The summed E-state index contributed by atoms with van der Waals surface area (Å²) in [7, 11) is -3.97. The average molecular weight is 295 g/mol. The molecule has 0 radical (unpaired) electrons. The Morgan fingerprint density at radius 2 is 2.00 bits per heavy atom. The van der Waals surface area contributed by atoms with Crippen molar-refractivity contribution in [2.24, 2.45) is 0 Å². The highest BCUT2D eigenvalue weighted by atomic mass is 32.2. The molecule has 1 aromatic carbocycles. The van der Waals surface area contributed by atoms with Crippen LogP contribution < -0.4 is 10.5 Å². The van der Waals surface area contributed by atoms with Gasteiger partial charge in [-0.05, 0) is 24.3 Å². The third-order valence-electron chi connectivity index (χ3n) is 2.67. The lowest BCUT2D eigenvalue weighted by Crippen LogP contribution is -2.27. The number of nitrogens with one attached hydrogen (secondary N) is 1. The van der Waals surface area contributed by atoms with E-state index >= 15 is 0 Å². The molecule has 0 aliphatic carbocycles. The van der Waals surface area contributed by atoms with Crippen LogP contribution in [0, 0.1) is 5.82 Å². The van der Waals surface area contributed by atoms with Crippen molar-refractivity contribution >= 4 is 15.7 Å². The van der Waals surface area contributed by atoms with Crippen LogP contribution in [0.2, 0.25) is 0 Å². The number of pyridine rings is 1. The molecule has 0 bridgehead atoms. The predicted molar refractivity (Wildman–Crippen MR) is 73.9 cm³/mol. The summed E-state index contributed by atoms with van der Waals surface area (Å²) in [6, 6.07) is 9.13. The Kier molecular flexibility index (Phi) is 4.31. The van der Waals surface area contributed by atoms with Crippen molar-refractivity contribution in [3.63, 3.8) is 0 Å². The molecular weight excluding hydrogens is 281 g/mol. The van der Waals surface area contributed by atoms with E-state index in [1.807, 2.05) is 6.07 Å². The zero-order valence-electron chi connectivity index (χ0n) is 10.6. The normalized spacial score (nSPS) is 11.4. The van der Waals surface area contributed by atoms with Gasteiger partial charge in [-0.25, -0.2) is 17.5 Å². The number of aromatic nitrogens is 1. The van der Waals surface area contributed by atoms with Gasteiger partial charge in [0.25, 0.3) is 0 Å². The fraction of sp³-hybridized carbons (Fsp3) is 0.154. The summed E-state index contributed by atoms with van der Waals surface area (Å²) >= 11 is 0. The number of halogens is 1. The van der Waals surface area contributed by atoms with Crippen LogP contribution in [0.4, 0.5) is 10.1 Å². The molecule has 0 unspecified atom stereocenters. The number of nitrogen functional groups attached to an aromatic ring is 1. The monoisotopic (exact) mass is 295 g/mol. The quantitative estimate of drug-likeness (QED) is 0.815. The van der Waals surface area contributed by atoms with Crippen molar-refractivity contribution in [2.45, 2.75) is 11.3 Å². The van der Waals surface area contributed by atoms with E-state index in [1.165, 1.54) is 12.1 Å². The lowest BCUT2D eigenvalue weighted by Gasteiger charge is -2.09. The number of rotatable bonds is 5. The molecule has 0 aliphatic rings. The number of anilines is 1. The van der Waals surface area contributed by atoms with Crippen molar-refractivity contribution in [1.29, 1.82) is 0 Å². The first-order chi connectivity index (χ1) is 9.50. The van der Waals surface area contributed by atoms with Gasteiger partial charge in [-0.3, -0.25) is 4.98 Å². The van der Waals surface area contributed by atoms with Gasteiger partial charge in [-0.15, -0.1) is 0 Å². The molecule has 0 spiro atoms. The second-order valence-corrected chi connectivity index (χ2v) is 5.83. The fourth-order valence-electron chi connectivity index (χ4n) is 1.74. The van der Waals surface area contributed by atoms with E-state index in [4.69, 9.17) is 5.73 Å². The predicted octanol–water partition coefficient (Wildman–Crippen LogP) is 1.32. The number of nitrogens with zero attached hydrogens (tertiary/aromatic N) is 1. The van der Waals surface area contributed by atoms with Gasteiger partial charge in [-0.1, -0.05) is 12.1 Å². The highest BCUT2D eigenvalue weighted by Crippen LogP contribution is 2.21. The van der Waals surface area contributed by atoms with E-state index in [9.17, 15) is 12.8 Å². The van der Waals surface area contributed by atoms with E-state index in [0.717, 1.165) is 11.8 Å². The number of hydrogen-bond acceptors (Lipinski definition) is 4. The van der Waals surface area contributed by atoms with Crippen LogP contribution in [0.3, 0.4) is 0 Å². The van der Waals surface area contributed by atoms with Crippen molar-refractivity contribution in [1.82, 2.24) is 9.71 Å². The third-order valence-corrected chi connectivity index (χ3v) is 4.22. The molecule has 3 N–H and O–H groups in total. The van der Waals surface area contributed by atoms with Gasteiger partial charge < -0.3 is 5.73 Å². The number of benzene rings is 1. The van der Waals surface area contributed by atoms with Crippen molar-refractivity contribution in [3.8, 4) is 0 Å². The van der Waals surface area contributed by atoms with Gasteiger partial charge in [0.15, 0.2) is 0 Å². The SMILES string of the molecule is Nc1cccc(F)c1S(=O)(=O)NCCc1ccccn1. The lowest BCUT2D eigenvalue weighted by atomic mass is 10.3. The van der Waals surface area contributed by atoms with Gasteiger partial charge in [-0.2, -0.15) is 0 Å². The van der Waals surface area contributed by atoms with Crippen LogP contribution in [0.25, 0.3) is 0 Å². The molecular formula is C13H14FN3O2S. The summed E-state index contributed by atoms with van der Waals surface area (Å²) in [6.07, 6.45) is 2.03. The largest absolute Gasteiger partial charge is 0.398 e. The molecule has 0 amide bonds. The van der Waals surface area contributed by atoms with Gasteiger partial charge in [0.05, 0.1) is 5.69 Å². The van der Waals surface area contributed by atoms with Crippen molar-refractivity contribution in [2.75, 3.05) is 12.3 Å². The van der Waals surface area contributed by atoms with Crippen LogP contribution in [0.5, 0.6) is 0 Å². The maximum Gasteiger partial charge on any atom is 0.245 e. The molecule has 0 saturated carbocycles. The van der Waals surface area contributed by atoms with Gasteiger partial charge in [0, 0.05) is 24.9 Å². The highest BCUT2D eigenvalue weighted by molar-refractivity contribution is 7.89. The Hall–Kier alpha value is -1.99. The molecule has 106 valence electrons. The lowest BCUT2D eigenvalue weighted by molar-refractivity contribution is 0.558. The first kappa shape index (κ1) is 14.4. The maximum absolute atomic E-state index is 13.6. The Labute approximate surface area is 116 Å². The van der Waals surface area contributed by atoms with Crippen LogP contribution in [-0.2, 0) is 16.4 Å². The van der Waals surface area contributed by atoms with Crippen LogP contribution in [0.1, 0.15) is 5.69 Å². The maximum atomic E-state index is 13.6. The number of hydrogen-bond donors (Lipinski definition) is 2. The summed E-state index contributed by atoms with van der Waals surface area (Å²) in [5, 5.41) is 0. The fourth-order valence-corrected chi connectivity index (χ4v) is 2.96. The Morgan fingerprint density at radius 1 is 1.20 bits per heavy atom. The van der Waals surface area contributed by atoms with Gasteiger partial charge >= 0.3 is 0 Å². The Morgan fingerprint density at radius 3 is 2.65 bits per heavy atom. The minimum absolute atomic E-state index is 0.115. The number of sulfonamides is 1. The van der Waals surface area contributed by atoms with E-state index < -0.39 is 20.7 Å². The molecule has 1 heterocycles. The molecule has 5 nitrogen and oxygen atoms in total. The minimum atomic E-state index is -3.97. The van der Waals surface area contributed by atoms with Crippen LogP contribution in [0.15, 0.2) is 47.5 Å². The Bertz CT molecular complexity index is 670. The summed E-state index contributed by atoms with van der Waals surface area (Å²) in [4.78, 5) is 3.56. The first-order valence-electron chi connectivity index (χ1n) is 5.94. The topological polar surface area (TPSA) is 85.1 Å². The average Bonchev–Trinajstić information content (AvgIpc) is 2.39. The van der Waals surface area contributed by atoms with E-state index in [1.54, 1.807) is 18.3 Å². The van der Waals surface area contributed by atoms with Gasteiger partial charge in [0.1, 0.15) is 10.7 Å². The molecule has 0 fully saturated rings. The molecule has 0 saturated heterocycles. The molecule has 20 heavy (non-hydrogen) atoms. The molecule has 7 heteroatoms. The molecule has 2 aromatic rings. The van der Waals surface area contributed by atoms with Gasteiger partial charge in [0.2, 0.25) is 10.0 Å². The Balaban J connectivity index is 2.09. The standard InChI is InChI=1S/C13H14FN3O2S/c14-11-5-3-6-12(15)13(11)20(18,19)17-9-7-10-4-1-2-8-16-10/h1-6,8,17H,7,9,15H2. The van der Waals surface area contributed by atoms with E-state index in [-0.39, 0.29) is 12.2 Å². The van der Waals surface area contributed by atoms with E-state index in [2.05, 4.69) is 9.71 Å². The number of nitrogens with two attached hydrogens (primary N) is 1. The summed E-state index contributed by atoms with van der Waals surface area (Å²) < 4.78 is 39.9. The zero-order valence-corrected chi connectivity index (χ0v) is 11.4. The first-order valence-corrected chi connectivity index (χ1v) is 7.42. The molecule has 1 aromatic heterocycles. The van der Waals surface area contributed by atoms with Crippen molar-refractivity contribution in [3.05, 3.63) is 54.1 Å². The van der Waals surface area contributed by atoms with Crippen molar-refractivity contribution < 1.29 is 12.8 Å². The zero-order chi connectivity index (χ0) is 14.6. The van der Waals surface area contributed by atoms with Crippen LogP contribution in [-0.4, -0.2) is 19.9 Å². The minimum Gasteiger partial charge on any atom is -0.398 e. The van der Waals surface area contributed by atoms with Crippen LogP contribution >= 0.6 is 0 Å². The summed E-state index contributed by atoms with van der Waals surface area (Å²) in [5.74, 6) is -0.865. The molecule has 2 rings (SSSR count). The summed E-state index contributed by atoms with van der Waals surface area (Å²) in [5.41, 5.74) is 6.15. The highest BCUT2D eigenvalue weighted by Gasteiger charge is 2.21. The smallest absolute Gasteiger partial charge is 0.245 e. The molecule has 0 aliphatic heterocycles. The summed E-state index contributed by atoms with van der Waals surface area (Å²) in [6.45, 7) is 0.118. The second kappa shape index (κ2) is 5.98. The van der Waals surface area contributed by atoms with E-state index in [0.29, 0.717) is 6.42 Å². The second-order valence-electron chi connectivity index (χ2n) is 4.13. The third kappa shape index (κ3) is 3.31. The molecule has 0 atom stereocenters.